The van der Waals surface area contributed by atoms with Gasteiger partial charge in [-0.3, -0.25) is 9.13 Å². The number of urea groups is 1. The first-order valence-corrected chi connectivity index (χ1v) is 10.1. The summed E-state index contributed by atoms with van der Waals surface area (Å²) in [6, 6.07) is 8.75. The van der Waals surface area contributed by atoms with Crippen LogP contribution in [0.4, 0.5) is 21.9 Å². The predicted octanol–water partition coefficient (Wildman–Crippen LogP) is 3.32. The highest BCUT2D eigenvalue weighted by atomic mass is 35.5. The predicted molar refractivity (Wildman–Crippen MR) is 120 cm³/mol. The summed E-state index contributed by atoms with van der Waals surface area (Å²) < 4.78 is 8.65. The molecule has 4 rings (SSSR count). The van der Waals surface area contributed by atoms with Crippen molar-refractivity contribution in [1.82, 2.24) is 9.13 Å². The van der Waals surface area contributed by atoms with Gasteiger partial charge in [-0.1, -0.05) is 17.7 Å². The molecular formula is C21H24ClN5O3. The number of rotatable bonds is 3. The lowest BCUT2D eigenvalue weighted by atomic mass is 10.2. The second-order valence-corrected chi connectivity index (χ2v) is 7.83. The van der Waals surface area contributed by atoms with Crippen molar-refractivity contribution in [3.05, 3.63) is 51.4 Å². The van der Waals surface area contributed by atoms with Crippen molar-refractivity contribution in [2.45, 2.75) is 6.92 Å². The molecule has 1 aliphatic heterocycles. The topological polar surface area (TPSA) is 80.5 Å². The third-order valence-electron chi connectivity index (χ3n) is 5.44. The monoisotopic (exact) mass is 429 g/mol. The highest BCUT2D eigenvalue weighted by molar-refractivity contribution is 6.31. The fourth-order valence-electron chi connectivity index (χ4n) is 3.70. The van der Waals surface area contributed by atoms with Crippen molar-refractivity contribution in [2.75, 3.05) is 41.8 Å². The second-order valence-electron chi connectivity index (χ2n) is 7.40. The molecule has 2 amide bonds. The third-order valence-corrected chi connectivity index (χ3v) is 5.67. The summed E-state index contributed by atoms with van der Waals surface area (Å²) in [5.41, 5.74) is 4.46. The Bertz CT molecular complexity index is 1180. The Labute approximate surface area is 179 Å². The number of benzene rings is 2. The Morgan fingerprint density at radius 3 is 2.33 bits per heavy atom. The molecule has 30 heavy (non-hydrogen) atoms. The highest BCUT2D eigenvalue weighted by Gasteiger charge is 2.20. The maximum Gasteiger partial charge on any atom is 0.328 e. The molecule has 0 radical (unpaired) electrons. The van der Waals surface area contributed by atoms with Crippen molar-refractivity contribution < 1.29 is 9.53 Å². The number of morpholine rings is 1. The molecule has 158 valence electrons. The maximum absolute atomic E-state index is 12.8. The second kappa shape index (κ2) is 8.04. The number of carbonyl (C=O) groups excluding carboxylic acids is 1. The van der Waals surface area contributed by atoms with E-state index in [9.17, 15) is 9.59 Å². The summed E-state index contributed by atoms with van der Waals surface area (Å²) in [5, 5.41) is 6.36. The fraction of sp³-hybridized carbons (Fsp3) is 0.333. The van der Waals surface area contributed by atoms with Crippen LogP contribution in [-0.2, 0) is 18.8 Å². The van der Waals surface area contributed by atoms with Gasteiger partial charge in [0, 0.05) is 37.9 Å². The number of amides is 2. The molecule has 0 aliphatic carbocycles. The van der Waals surface area contributed by atoms with Gasteiger partial charge in [-0.25, -0.2) is 9.59 Å². The van der Waals surface area contributed by atoms with Crippen LogP contribution in [0.3, 0.4) is 0 Å². The Kier molecular flexibility index (Phi) is 5.44. The van der Waals surface area contributed by atoms with E-state index in [4.69, 9.17) is 16.3 Å². The smallest absolute Gasteiger partial charge is 0.328 e. The number of aryl methyl sites for hydroxylation is 3. The van der Waals surface area contributed by atoms with Gasteiger partial charge >= 0.3 is 11.7 Å². The largest absolute Gasteiger partial charge is 0.378 e. The summed E-state index contributed by atoms with van der Waals surface area (Å²) in [6.07, 6.45) is 0. The third kappa shape index (κ3) is 3.76. The zero-order valence-corrected chi connectivity index (χ0v) is 17.9. The summed E-state index contributed by atoms with van der Waals surface area (Å²) in [6.45, 7) is 4.53. The van der Waals surface area contributed by atoms with Crippen molar-refractivity contribution in [3.63, 3.8) is 0 Å². The Morgan fingerprint density at radius 2 is 1.63 bits per heavy atom. The van der Waals surface area contributed by atoms with E-state index in [1.807, 2.05) is 25.1 Å². The molecule has 0 atom stereocenters. The number of fused-ring (bicyclic) bond motifs is 1. The van der Waals surface area contributed by atoms with Crippen LogP contribution in [0.1, 0.15) is 5.56 Å². The maximum atomic E-state index is 12.8. The average Bonchev–Trinajstić information content (AvgIpc) is 2.94. The van der Waals surface area contributed by atoms with E-state index < -0.39 is 0 Å². The number of ether oxygens (including phenoxy) is 1. The molecule has 0 unspecified atom stereocenters. The van der Waals surface area contributed by atoms with Gasteiger partial charge in [-0.2, -0.15) is 0 Å². The van der Waals surface area contributed by atoms with Gasteiger partial charge in [0.15, 0.2) is 0 Å². The van der Waals surface area contributed by atoms with E-state index in [1.165, 1.54) is 0 Å². The number of carbonyl (C=O) groups is 1. The zero-order chi connectivity index (χ0) is 21.4. The molecule has 1 aromatic heterocycles. The minimum absolute atomic E-state index is 0.117. The quantitative estimate of drug-likeness (QED) is 0.669. The Balaban J connectivity index is 1.72. The summed E-state index contributed by atoms with van der Waals surface area (Å²) in [5.74, 6) is 0. The van der Waals surface area contributed by atoms with Crippen LogP contribution in [0.25, 0.3) is 11.0 Å². The normalized spacial score (nSPS) is 14.2. The lowest BCUT2D eigenvalue weighted by Gasteiger charge is -2.30. The van der Waals surface area contributed by atoms with Crippen LogP contribution in [-0.4, -0.2) is 41.5 Å². The molecule has 1 aliphatic rings. The average molecular weight is 430 g/mol. The molecule has 1 saturated heterocycles. The molecule has 2 aromatic carbocycles. The molecule has 3 aromatic rings. The number of nitrogens with zero attached hydrogens (tertiary/aromatic N) is 3. The summed E-state index contributed by atoms with van der Waals surface area (Å²) in [7, 11) is 3.47. The molecular weight excluding hydrogens is 406 g/mol. The standard InChI is InChI=1S/C21H24ClN5O3/c1-13-4-5-14(22)10-15(13)23-20(28)24-16-11-18-19(26(3)21(29)25(18)2)12-17(16)27-6-8-30-9-7-27/h4-5,10-12H,6-9H2,1-3H3,(H2,23,24,28). The van der Waals surface area contributed by atoms with Crippen molar-refractivity contribution in [2.24, 2.45) is 14.1 Å². The molecule has 2 N–H and O–H groups in total. The molecule has 1 fully saturated rings. The number of anilines is 3. The SMILES string of the molecule is Cc1ccc(Cl)cc1NC(=O)Nc1cc2c(cc1N1CCOCC1)n(C)c(=O)n2C. The number of hydrogen-bond acceptors (Lipinski definition) is 4. The number of imidazole rings is 1. The zero-order valence-electron chi connectivity index (χ0n) is 17.2. The number of nitrogens with one attached hydrogen (secondary N) is 2. The fourth-order valence-corrected chi connectivity index (χ4v) is 3.88. The van der Waals surface area contributed by atoms with E-state index in [0.717, 1.165) is 22.3 Å². The van der Waals surface area contributed by atoms with E-state index >= 15 is 0 Å². The lowest BCUT2D eigenvalue weighted by molar-refractivity contribution is 0.123. The number of halogens is 1. The van der Waals surface area contributed by atoms with E-state index in [0.29, 0.717) is 42.7 Å². The van der Waals surface area contributed by atoms with Gasteiger partial charge in [0.1, 0.15) is 0 Å². The highest BCUT2D eigenvalue weighted by Crippen LogP contribution is 2.32. The van der Waals surface area contributed by atoms with Gasteiger partial charge < -0.3 is 20.3 Å². The van der Waals surface area contributed by atoms with E-state index in [2.05, 4.69) is 15.5 Å². The molecule has 2 heterocycles. The van der Waals surface area contributed by atoms with Crippen LogP contribution >= 0.6 is 11.6 Å². The first-order valence-electron chi connectivity index (χ1n) is 9.71. The van der Waals surface area contributed by atoms with Crippen LogP contribution < -0.4 is 21.2 Å². The van der Waals surface area contributed by atoms with Crippen LogP contribution in [0.5, 0.6) is 0 Å². The Hall–Kier alpha value is -2.97. The van der Waals surface area contributed by atoms with Gasteiger partial charge in [0.2, 0.25) is 0 Å². The summed E-state index contributed by atoms with van der Waals surface area (Å²) in [4.78, 5) is 27.3. The number of hydrogen-bond donors (Lipinski definition) is 2. The van der Waals surface area contributed by atoms with Crippen LogP contribution in [0, 0.1) is 6.92 Å². The molecule has 9 heteroatoms. The first-order chi connectivity index (χ1) is 14.3. The minimum Gasteiger partial charge on any atom is -0.378 e. The molecule has 0 saturated carbocycles. The van der Waals surface area contributed by atoms with E-state index in [1.54, 1.807) is 35.4 Å². The minimum atomic E-state index is -0.379. The molecule has 8 nitrogen and oxygen atoms in total. The molecule has 0 spiro atoms. The Morgan fingerprint density at radius 1 is 1.00 bits per heavy atom. The number of aromatic nitrogens is 2. The first kappa shape index (κ1) is 20.3. The van der Waals surface area contributed by atoms with Crippen molar-refractivity contribution in [3.8, 4) is 0 Å². The van der Waals surface area contributed by atoms with Crippen molar-refractivity contribution in [1.29, 1.82) is 0 Å². The lowest BCUT2D eigenvalue weighted by Crippen LogP contribution is -2.37. The van der Waals surface area contributed by atoms with Gasteiger partial charge in [0.05, 0.1) is 35.6 Å². The van der Waals surface area contributed by atoms with E-state index in [-0.39, 0.29) is 11.7 Å². The van der Waals surface area contributed by atoms with Gasteiger partial charge in [-0.15, -0.1) is 0 Å². The van der Waals surface area contributed by atoms with Crippen LogP contribution in [0.15, 0.2) is 35.1 Å². The van der Waals surface area contributed by atoms with Crippen LogP contribution in [0.2, 0.25) is 5.02 Å². The molecule has 0 bridgehead atoms. The van der Waals surface area contributed by atoms with Gasteiger partial charge in [0.25, 0.3) is 0 Å². The van der Waals surface area contributed by atoms with Gasteiger partial charge in [-0.05, 0) is 36.8 Å². The van der Waals surface area contributed by atoms with Crippen molar-refractivity contribution >= 4 is 45.7 Å². The summed E-state index contributed by atoms with van der Waals surface area (Å²) >= 11 is 6.06.